The minimum Gasteiger partial charge on any atom is -0.395 e. The molecule has 0 aliphatic rings. The molecule has 0 rings (SSSR count). The molecule has 1 unspecified atom stereocenters. The van der Waals surface area contributed by atoms with Gasteiger partial charge in [0.25, 0.3) is 0 Å². The molecule has 0 fully saturated rings. The van der Waals surface area contributed by atoms with Crippen molar-refractivity contribution in [3.05, 3.63) is 0 Å². The van der Waals surface area contributed by atoms with E-state index < -0.39 is 11.5 Å². The van der Waals surface area contributed by atoms with Crippen LogP contribution in [0, 0.1) is 5.41 Å². The molecule has 0 heterocycles. The first kappa shape index (κ1) is 13.9. The van der Waals surface area contributed by atoms with E-state index in [0.29, 0.717) is 0 Å². The minimum atomic E-state index is -0.580. The fraction of sp³-hybridized carbons (Fsp3) is 0.800. The van der Waals surface area contributed by atoms with Gasteiger partial charge >= 0.3 is 0 Å². The standard InChI is InChI=1S/C10H20N2O3/c1-7(8(14)11-5-6-13)12-9(15)10(2,3)4/h7,13H,5-6H2,1-4H3,(H,11,14)(H,12,15). The third kappa shape index (κ3) is 5.37. The Morgan fingerprint density at radius 2 is 1.87 bits per heavy atom. The number of aliphatic hydroxyl groups is 1. The summed E-state index contributed by atoms with van der Waals surface area (Å²) < 4.78 is 0. The number of amides is 2. The Morgan fingerprint density at radius 3 is 2.27 bits per heavy atom. The third-order valence-corrected chi connectivity index (χ3v) is 1.83. The van der Waals surface area contributed by atoms with Crippen molar-refractivity contribution in [3.63, 3.8) is 0 Å². The van der Waals surface area contributed by atoms with E-state index in [-0.39, 0.29) is 25.0 Å². The van der Waals surface area contributed by atoms with E-state index in [4.69, 9.17) is 5.11 Å². The largest absolute Gasteiger partial charge is 0.395 e. The van der Waals surface area contributed by atoms with Crippen LogP contribution in [0.2, 0.25) is 0 Å². The van der Waals surface area contributed by atoms with Gasteiger partial charge in [-0.3, -0.25) is 9.59 Å². The summed E-state index contributed by atoms with van der Waals surface area (Å²) in [5.74, 6) is -0.462. The molecule has 5 heteroatoms. The Hall–Kier alpha value is -1.10. The summed E-state index contributed by atoms with van der Waals surface area (Å²) >= 11 is 0. The molecule has 0 aromatic carbocycles. The lowest BCUT2D eigenvalue weighted by atomic mass is 9.95. The fourth-order valence-electron chi connectivity index (χ4n) is 0.811. The summed E-state index contributed by atoms with van der Waals surface area (Å²) in [6.45, 7) is 7.04. The molecule has 15 heavy (non-hydrogen) atoms. The molecule has 0 saturated heterocycles. The highest BCUT2D eigenvalue weighted by molar-refractivity contribution is 5.89. The van der Waals surface area contributed by atoms with Gasteiger partial charge in [-0.15, -0.1) is 0 Å². The van der Waals surface area contributed by atoms with Crippen LogP contribution in [-0.2, 0) is 9.59 Å². The number of hydrogen-bond donors (Lipinski definition) is 3. The number of hydrogen-bond acceptors (Lipinski definition) is 3. The Kier molecular flexibility index (Phi) is 5.28. The van der Waals surface area contributed by atoms with E-state index in [1.165, 1.54) is 0 Å². The fourth-order valence-corrected chi connectivity index (χ4v) is 0.811. The lowest BCUT2D eigenvalue weighted by Gasteiger charge is -2.21. The molecule has 0 saturated carbocycles. The highest BCUT2D eigenvalue weighted by Gasteiger charge is 2.24. The number of nitrogens with one attached hydrogen (secondary N) is 2. The van der Waals surface area contributed by atoms with Gasteiger partial charge in [-0.05, 0) is 6.92 Å². The van der Waals surface area contributed by atoms with E-state index in [0.717, 1.165) is 0 Å². The third-order valence-electron chi connectivity index (χ3n) is 1.83. The molecule has 0 aromatic heterocycles. The number of carbonyl (C=O) groups excluding carboxylic acids is 2. The quantitative estimate of drug-likeness (QED) is 0.601. The first-order chi connectivity index (χ1) is 6.79. The lowest BCUT2D eigenvalue weighted by Crippen LogP contribution is -2.48. The molecule has 0 aromatic rings. The minimum absolute atomic E-state index is 0.105. The smallest absolute Gasteiger partial charge is 0.242 e. The monoisotopic (exact) mass is 216 g/mol. The van der Waals surface area contributed by atoms with Crippen LogP contribution in [0.4, 0.5) is 0 Å². The van der Waals surface area contributed by atoms with Crippen LogP contribution < -0.4 is 10.6 Å². The van der Waals surface area contributed by atoms with Gasteiger partial charge in [-0.25, -0.2) is 0 Å². The second kappa shape index (κ2) is 5.70. The van der Waals surface area contributed by atoms with Crippen LogP contribution in [0.25, 0.3) is 0 Å². The highest BCUT2D eigenvalue weighted by Crippen LogP contribution is 2.12. The Labute approximate surface area is 90.2 Å². The van der Waals surface area contributed by atoms with Crippen molar-refractivity contribution in [3.8, 4) is 0 Å². The van der Waals surface area contributed by atoms with Gasteiger partial charge in [0.15, 0.2) is 0 Å². The lowest BCUT2D eigenvalue weighted by molar-refractivity contribution is -0.133. The average Bonchev–Trinajstić information content (AvgIpc) is 2.12. The van der Waals surface area contributed by atoms with Crippen LogP contribution in [-0.4, -0.2) is 36.1 Å². The van der Waals surface area contributed by atoms with Crippen LogP contribution in [0.5, 0.6) is 0 Å². The van der Waals surface area contributed by atoms with Gasteiger partial charge in [0.1, 0.15) is 6.04 Å². The molecule has 0 aliphatic carbocycles. The molecular formula is C10H20N2O3. The first-order valence-corrected chi connectivity index (χ1v) is 4.98. The van der Waals surface area contributed by atoms with Gasteiger partial charge in [0.2, 0.25) is 11.8 Å². The predicted molar refractivity (Wildman–Crippen MR) is 57.2 cm³/mol. The molecular weight excluding hydrogens is 196 g/mol. The molecule has 3 N–H and O–H groups in total. The molecule has 0 spiro atoms. The summed E-state index contributed by atoms with van der Waals surface area (Å²) in [6, 6.07) is -0.580. The van der Waals surface area contributed by atoms with Gasteiger partial charge < -0.3 is 15.7 Å². The SMILES string of the molecule is CC(NC(=O)C(C)(C)C)C(=O)NCCO. The van der Waals surface area contributed by atoms with E-state index in [1.807, 2.05) is 0 Å². The van der Waals surface area contributed by atoms with Gasteiger partial charge in [-0.2, -0.15) is 0 Å². The van der Waals surface area contributed by atoms with Crippen LogP contribution >= 0.6 is 0 Å². The van der Waals surface area contributed by atoms with Crippen LogP contribution in [0.3, 0.4) is 0 Å². The van der Waals surface area contributed by atoms with Crippen molar-refractivity contribution in [1.82, 2.24) is 10.6 Å². The topological polar surface area (TPSA) is 78.4 Å². The summed E-state index contributed by atoms with van der Waals surface area (Å²) in [4.78, 5) is 22.8. The Morgan fingerprint density at radius 1 is 1.33 bits per heavy atom. The van der Waals surface area contributed by atoms with Gasteiger partial charge in [0, 0.05) is 12.0 Å². The Balaban J connectivity index is 4.08. The zero-order chi connectivity index (χ0) is 12.1. The summed E-state index contributed by atoms with van der Waals surface area (Å²) in [5, 5.41) is 13.6. The molecule has 0 radical (unpaired) electrons. The molecule has 0 bridgehead atoms. The predicted octanol–water partition coefficient (Wildman–Crippen LogP) is -0.354. The maximum atomic E-state index is 11.5. The molecule has 88 valence electrons. The van der Waals surface area contributed by atoms with Crippen molar-refractivity contribution in [2.75, 3.05) is 13.2 Å². The van der Waals surface area contributed by atoms with Crippen molar-refractivity contribution in [1.29, 1.82) is 0 Å². The Bertz CT molecular complexity index is 233. The molecule has 2 amide bonds. The van der Waals surface area contributed by atoms with E-state index >= 15 is 0 Å². The number of rotatable bonds is 4. The van der Waals surface area contributed by atoms with Gasteiger partial charge in [-0.1, -0.05) is 20.8 Å². The summed E-state index contributed by atoms with van der Waals surface area (Å²) in [5.41, 5.74) is -0.508. The molecule has 5 nitrogen and oxygen atoms in total. The molecule has 1 atom stereocenters. The maximum Gasteiger partial charge on any atom is 0.242 e. The second-order valence-corrected chi connectivity index (χ2v) is 4.46. The van der Waals surface area contributed by atoms with Crippen molar-refractivity contribution in [2.24, 2.45) is 5.41 Å². The van der Waals surface area contributed by atoms with Crippen molar-refractivity contribution < 1.29 is 14.7 Å². The van der Waals surface area contributed by atoms with E-state index in [2.05, 4.69) is 10.6 Å². The van der Waals surface area contributed by atoms with Crippen molar-refractivity contribution >= 4 is 11.8 Å². The van der Waals surface area contributed by atoms with Crippen LogP contribution in [0.1, 0.15) is 27.7 Å². The highest BCUT2D eigenvalue weighted by atomic mass is 16.3. The first-order valence-electron chi connectivity index (χ1n) is 4.98. The summed E-state index contributed by atoms with van der Waals surface area (Å²) in [6.07, 6.45) is 0. The molecule has 0 aliphatic heterocycles. The summed E-state index contributed by atoms with van der Waals surface area (Å²) in [7, 11) is 0. The zero-order valence-electron chi connectivity index (χ0n) is 9.76. The zero-order valence-corrected chi connectivity index (χ0v) is 9.76. The number of aliphatic hydroxyl groups excluding tert-OH is 1. The second-order valence-electron chi connectivity index (χ2n) is 4.46. The van der Waals surface area contributed by atoms with Gasteiger partial charge in [0.05, 0.1) is 6.61 Å². The number of carbonyl (C=O) groups is 2. The van der Waals surface area contributed by atoms with Crippen molar-refractivity contribution in [2.45, 2.75) is 33.7 Å². The maximum absolute atomic E-state index is 11.5. The van der Waals surface area contributed by atoms with E-state index in [1.54, 1.807) is 27.7 Å². The van der Waals surface area contributed by atoms with Crippen LogP contribution in [0.15, 0.2) is 0 Å². The average molecular weight is 216 g/mol. The van der Waals surface area contributed by atoms with E-state index in [9.17, 15) is 9.59 Å². The normalized spacial score (nSPS) is 13.1.